The van der Waals surface area contributed by atoms with Gasteiger partial charge in [0.25, 0.3) is 0 Å². The van der Waals surface area contributed by atoms with Crippen LogP contribution >= 0.6 is 0 Å². The third kappa shape index (κ3) is 4.39. The predicted molar refractivity (Wildman–Crippen MR) is 206 cm³/mol. The molecular formula is C46H30N4. The SMILES string of the molecule is c1ccc(-c2cc(-n3c4ccccc4c4ccc5c(c43)N(c3ccccc3)c3ccccc3-c3ccccc3-5)nc(-c3ccccc3)n2)cc1. The van der Waals surface area contributed by atoms with Gasteiger partial charge in [-0.15, -0.1) is 0 Å². The quantitative estimate of drug-likeness (QED) is 0.192. The predicted octanol–water partition coefficient (Wildman–Crippen LogP) is 12.0. The molecule has 50 heavy (non-hydrogen) atoms. The molecule has 0 unspecified atom stereocenters. The van der Waals surface area contributed by atoms with E-state index in [9.17, 15) is 0 Å². The number of hydrogen-bond acceptors (Lipinski definition) is 3. The van der Waals surface area contributed by atoms with Crippen LogP contribution in [0.3, 0.4) is 0 Å². The first-order valence-corrected chi connectivity index (χ1v) is 16.9. The average Bonchev–Trinajstić information content (AvgIpc) is 3.47. The van der Waals surface area contributed by atoms with Gasteiger partial charge in [0.15, 0.2) is 5.82 Å². The second kappa shape index (κ2) is 11.4. The molecule has 0 saturated heterocycles. The molecule has 1 aliphatic rings. The lowest BCUT2D eigenvalue weighted by atomic mass is 9.94. The average molecular weight is 639 g/mol. The van der Waals surface area contributed by atoms with Gasteiger partial charge in [0.2, 0.25) is 0 Å². The number of para-hydroxylation sites is 3. The molecule has 0 amide bonds. The molecule has 0 N–H and O–H groups in total. The van der Waals surface area contributed by atoms with Gasteiger partial charge in [0.1, 0.15) is 5.82 Å². The Bertz CT molecular complexity index is 2640. The van der Waals surface area contributed by atoms with Crippen molar-refractivity contribution in [2.75, 3.05) is 4.90 Å². The number of nitrogens with zero attached hydrogens (tertiary/aromatic N) is 4. The number of fused-ring (bicyclic) bond motifs is 9. The minimum Gasteiger partial charge on any atom is -0.307 e. The van der Waals surface area contributed by atoms with Gasteiger partial charge in [-0.25, -0.2) is 9.97 Å². The van der Waals surface area contributed by atoms with Gasteiger partial charge < -0.3 is 4.90 Å². The van der Waals surface area contributed by atoms with E-state index in [1.165, 1.54) is 27.5 Å². The highest BCUT2D eigenvalue weighted by atomic mass is 15.2. The number of hydrogen-bond donors (Lipinski definition) is 0. The molecule has 2 aromatic heterocycles. The van der Waals surface area contributed by atoms with Gasteiger partial charge in [-0.2, -0.15) is 0 Å². The molecule has 0 fully saturated rings. The summed E-state index contributed by atoms with van der Waals surface area (Å²) in [7, 11) is 0. The van der Waals surface area contributed by atoms with E-state index in [4.69, 9.17) is 9.97 Å². The zero-order valence-corrected chi connectivity index (χ0v) is 27.1. The molecule has 3 heterocycles. The lowest BCUT2D eigenvalue weighted by Gasteiger charge is -2.28. The molecule has 4 nitrogen and oxygen atoms in total. The van der Waals surface area contributed by atoms with E-state index in [-0.39, 0.29) is 0 Å². The molecule has 234 valence electrons. The number of anilines is 3. The minimum atomic E-state index is 0.686. The van der Waals surface area contributed by atoms with Gasteiger partial charge in [-0.05, 0) is 35.4 Å². The normalized spacial score (nSPS) is 12.0. The minimum absolute atomic E-state index is 0.686. The van der Waals surface area contributed by atoms with Crippen molar-refractivity contribution in [3.8, 4) is 50.7 Å². The molecule has 0 bridgehead atoms. The molecule has 0 aliphatic carbocycles. The smallest absolute Gasteiger partial charge is 0.162 e. The maximum Gasteiger partial charge on any atom is 0.162 e. The first-order valence-electron chi connectivity index (χ1n) is 16.9. The fraction of sp³-hybridized carbons (Fsp3) is 0. The topological polar surface area (TPSA) is 34.0 Å². The summed E-state index contributed by atoms with van der Waals surface area (Å²) in [6.07, 6.45) is 0. The van der Waals surface area contributed by atoms with Gasteiger partial charge >= 0.3 is 0 Å². The maximum atomic E-state index is 5.36. The molecular weight excluding hydrogens is 609 g/mol. The van der Waals surface area contributed by atoms with Crippen molar-refractivity contribution in [2.24, 2.45) is 0 Å². The van der Waals surface area contributed by atoms with Crippen LogP contribution in [0.4, 0.5) is 17.1 Å². The van der Waals surface area contributed by atoms with Crippen LogP contribution in [0.2, 0.25) is 0 Å². The van der Waals surface area contributed by atoms with Crippen molar-refractivity contribution in [1.29, 1.82) is 0 Å². The van der Waals surface area contributed by atoms with E-state index in [0.717, 1.165) is 56.3 Å². The van der Waals surface area contributed by atoms with E-state index in [1.54, 1.807) is 0 Å². The number of rotatable bonds is 4. The Morgan fingerprint density at radius 3 is 1.78 bits per heavy atom. The Kier molecular flexibility index (Phi) is 6.46. The molecule has 0 radical (unpaired) electrons. The fourth-order valence-electron chi connectivity index (χ4n) is 7.56. The van der Waals surface area contributed by atoms with E-state index in [2.05, 4.69) is 167 Å². The molecule has 0 saturated carbocycles. The summed E-state index contributed by atoms with van der Waals surface area (Å²) in [4.78, 5) is 12.9. The van der Waals surface area contributed by atoms with Crippen LogP contribution in [-0.2, 0) is 0 Å². The third-order valence-electron chi connectivity index (χ3n) is 9.74. The summed E-state index contributed by atoms with van der Waals surface area (Å²) in [5, 5.41) is 2.34. The summed E-state index contributed by atoms with van der Waals surface area (Å²) in [6, 6.07) is 64.3. The fourth-order valence-corrected chi connectivity index (χ4v) is 7.56. The van der Waals surface area contributed by atoms with Crippen LogP contribution in [0.1, 0.15) is 0 Å². The van der Waals surface area contributed by atoms with Crippen molar-refractivity contribution in [3.05, 3.63) is 182 Å². The molecule has 1 aliphatic heterocycles. The highest BCUT2D eigenvalue weighted by molar-refractivity contribution is 6.19. The van der Waals surface area contributed by atoms with E-state index in [0.29, 0.717) is 5.82 Å². The van der Waals surface area contributed by atoms with Crippen LogP contribution in [0.25, 0.3) is 72.5 Å². The standard InChI is InChI=1S/C46H30N4/c1-4-16-31(17-5-1)40-30-43(48-46(47-40)32-18-6-2-7-19-32)50-42-27-15-13-25-37(42)39-29-28-38-35-23-11-10-22-34(35)36-24-12-14-26-41(36)49(44(38)45(39)50)33-20-8-3-9-21-33/h1-30H. The molecule has 4 heteroatoms. The first kappa shape index (κ1) is 28.3. The molecule has 0 atom stereocenters. The summed E-state index contributed by atoms with van der Waals surface area (Å²) < 4.78 is 2.36. The lowest BCUT2D eigenvalue weighted by Crippen LogP contribution is -2.13. The second-order valence-corrected chi connectivity index (χ2v) is 12.6. The summed E-state index contributed by atoms with van der Waals surface area (Å²) >= 11 is 0. The summed E-state index contributed by atoms with van der Waals surface area (Å²) in [6.45, 7) is 0. The molecule has 9 aromatic rings. The van der Waals surface area contributed by atoms with Gasteiger partial charge in [-0.1, -0.05) is 152 Å². The van der Waals surface area contributed by atoms with E-state index in [1.807, 2.05) is 24.3 Å². The van der Waals surface area contributed by atoms with Crippen molar-refractivity contribution in [3.63, 3.8) is 0 Å². The summed E-state index contributed by atoms with van der Waals surface area (Å²) in [5.41, 5.74) is 13.2. The Morgan fingerprint density at radius 2 is 1.02 bits per heavy atom. The Balaban J connectivity index is 1.39. The van der Waals surface area contributed by atoms with Crippen LogP contribution in [0, 0.1) is 0 Å². The third-order valence-corrected chi connectivity index (χ3v) is 9.74. The monoisotopic (exact) mass is 638 g/mol. The number of aromatic nitrogens is 3. The van der Waals surface area contributed by atoms with Crippen molar-refractivity contribution < 1.29 is 0 Å². The maximum absolute atomic E-state index is 5.36. The van der Waals surface area contributed by atoms with Gasteiger partial charge in [0.05, 0.1) is 28.1 Å². The Hall–Kier alpha value is -6.78. The van der Waals surface area contributed by atoms with Crippen molar-refractivity contribution in [2.45, 2.75) is 0 Å². The zero-order chi connectivity index (χ0) is 33.0. The molecule has 0 spiro atoms. The van der Waals surface area contributed by atoms with E-state index >= 15 is 0 Å². The molecule has 10 rings (SSSR count). The second-order valence-electron chi connectivity index (χ2n) is 12.6. The van der Waals surface area contributed by atoms with Crippen LogP contribution in [0.15, 0.2) is 182 Å². The van der Waals surface area contributed by atoms with Crippen molar-refractivity contribution >= 4 is 38.9 Å². The highest BCUT2D eigenvalue weighted by Gasteiger charge is 2.30. The highest BCUT2D eigenvalue weighted by Crippen LogP contribution is 2.54. The van der Waals surface area contributed by atoms with Gasteiger partial charge in [0, 0.05) is 44.8 Å². The van der Waals surface area contributed by atoms with Crippen molar-refractivity contribution in [1.82, 2.24) is 14.5 Å². The largest absolute Gasteiger partial charge is 0.307 e. The van der Waals surface area contributed by atoms with Gasteiger partial charge in [-0.3, -0.25) is 4.57 Å². The Morgan fingerprint density at radius 1 is 0.420 bits per heavy atom. The zero-order valence-electron chi connectivity index (χ0n) is 27.1. The number of benzene rings is 7. The van der Waals surface area contributed by atoms with Crippen LogP contribution in [-0.4, -0.2) is 14.5 Å². The summed E-state index contributed by atoms with van der Waals surface area (Å²) in [5.74, 6) is 1.50. The first-order chi connectivity index (χ1) is 24.8. The Labute approximate surface area is 290 Å². The lowest BCUT2D eigenvalue weighted by molar-refractivity contribution is 1.05. The van der Waals surface area contributed by atoms with E-state index < -0.39 is 0 Å². The van der Waals surface area contributed by atoms with Crippen LogP contribution in [0.5, 0.6) is 0 Å². The van der Waals surface area contributed by atoms with Crippen LogP contribution < -0.4 is 4.90 Å². The molecule has 7 aromatic carbocycles.